The molecule has 0 unspecified atom stereocenters. The normalized spacial score (nSPS) is 17.9. The van der Waals surface area contributed by atoms with E-state index in [9.17, 15) is 14.4 Å². The molecule has 0 atom stereocenters. The second-order valence-electron chi connectivity index (χ2n) is 6.83. The van der Waals surface area contributed by atoms with Gasteiger partial charge in [-0.3, -0.25) is 14.4 Å². The topological polar surface area (TPSA) is 75.7 Å². The Hall–Kier alpha value is -2.37. The van der Waals surface area contributed by atoms with E-state index in [2.05, 4.69) is 5.32 Å². The molecule has 134 valence electrons. The third-order valence-corrected chi connectivity index (χ3v) is 4.78. The number of likely N-dealkylation sites (tertiary alicyclic amines) is 1. The predicted molar refractivity (Wildman–Crippen MR) is 91.9 cm³/mol. The number of aryl methyl sites for hydroxylation is 1. The van der Waals surface area contributed by atoms with Crippen LogP contribution < -0.4 is 5.32 Å². The van der Waals surface area contributed by atoms with Crippen LogP contribution in [0.2, 0.25) is 0 Å². The van der Waals surface area contributed by atoms with E-state index in [1.54, 1.807) is 4.90 Å². The molecule has 1 saturated heterocycles. The third kappa shape index (κ3) is 4.59. The Morgan fingerprint density at radius 2 is 1.80 bits per heavy atom. The van der Waals surface area contributed by atoms with Crippen molar-refractivity contribution in [3.05, 3.63) is 35.4 Å². The first kappa shape index (κ1) is 17.5. The van der Waals surface area contributed by atoms with Crippen molar-refractivity contribution in [1.29, 1.82) is 0 Å². The van der Waals surface area contributed by atoms with Crippen molar-refractivity contribution in [2.24, 2.45) is 5.92 Å². The minimum absolute atomic E-state index is 0.00808. The Morgan fingerprint density at radius 3 is 2.44 bits per heavy atom. The zero-order chi connectivity index (χ0) is 17.8. The first-order valence-corrected chi connectivity index (χ1v) is 8.85. The number of carbonyl (C=O) groups excluding carboxylic acids is 3. The Bertz CT molecular complexity index is 661. The summed E-state index contributed by atoms with van der Waals surface area (Å²) in [4.78, 5) is 38.0. The maximum Gasteiger partial charge on any atom is 0.309 e. The Labute approximate surface area is 147 Å². The van der Waals surface area contributed by atoms with E-state index in [0.29, 0.717) is 31.5 Å². The van der Waals surface area contributed by atoms with Crippen LogP contribution in [-0.4, -0.2) is 48.4 Å². The molecule has 0 bridgehead atoms. The summed E-state index contributed by atoms with van der Waals surface area (Å²) >= 11 is 0. The van der Waals surface area contributed by atoms with E-state index in [4.69, 9.17) is 4.74 Å². The van der Waals surface area contributed by atoms with Crippen molar-refractivity contribution in [1.82, 2.24) is 10.2 Å². The van der Waals surface area contributed by atoms with Crippen LogP contribution in [0.25, 0.3) is 0 Å². The van der Waals surface area contributed by atoms with Crippen molar-refractivity contribution in [2.45, 2.75) is 38.6 Å². The Kier molecular flexibility index (Phi) is 5.36. The molecule has 0 radical (unpaired) electrons. The van der Waals surface area contributed by atoms with Gasteiger partial charge in [-0.05, 0) is 44.2 Å². The number of nitrogens with one attached hydrogen (secondary N) is 1. The van der Waals surface area contributed by atoms with E-state index >= 15 is 0 Å². The van der Waals surface area contributed by atoms with Crippen molar-refractivity contribution >= 4 is 17.8 Å². The minimum atomic E-state index is -0.339. The van der Waals surface area contributed by atoms with Gasteiger partial charge in [0.2, 0.25) is 0 Å². The summed E-state index contributed by atoms with van der Waals surface area (Å²) < 4.78 is 5.12. The lowest BCUT2D eigenvalue weighted by Gasteiger charge is -2.31. The lowest BCUT2D eigenvalue weighted by atomic mass is 9.96. The maximum absolute atomic E-state index is 12.6. The number of ether oxygens (including phenoxy) is 1. The summed E-state index contributed by atoms with van der Waals surface area (Å²) in [6.07, 6.45) is 3.15. The molecule has 25 heavy (non-hydrogen) atoms. The minimum Gasteiger partial charge on any atom is -0.455 e. The number of amides is 2. The smallest absolute Gasteiger partial charge is 0.309 e. The van der Waals surface area contributed by atoms with Crippen LogP contribution in [-0.2, 0) is 14.3 Å². The average molecular weight is 344 g/mol. The van der Waals surface area contributed by atoms with Gasteiger partial charge in [0.05, 0.1) is 5.92 Å². The van der Waals surface area contributed by atoms with Gasteiger partial charge < -0.3 is 15.0 Å². The maximum atomic E-state index is 12.6. The van der Waals surface area contributed by atoms with Crippen LogP contribution in [0.5, 0.6) is 0 Å². The van der Waals surface area contributed by atoms with Gasteiger partial charge in [-0.25, -0.2) is 0 Å². The Balaban J connectivity index is 1.44. The summed E-state index contributed by atoms with van der Waals surface area (Å²) in [5, 5.41) is 2.79. The second-order valence-corrected chi connectivity index (χ2v) is 6.83. The van der Waals surface area contributed by atoms with Crippen LogP contribution in [0.4, 0.5) is 0 Å². The van der Waals surface area contributed by atoms with E-state index in [1.165, 1.54) is 0 Å². The highest BCUT2D eigenvalue weighted by Gasteiger charge is 2.30. The predicted octanol–water partition coefficient (Wildman–Crippen LogP) is 1.67. The van der Waals surface area contributed by atoms with Gasteiger partial charge in [0, 0.05) is 24.7 Å². The lowest BCUT2D eigenvalue weighted by molar-refractivity contribution is -0.153. The third-order valence-electron chi connectivity index (χ3n) is 4.78. The molecule has 1 aliphatic heterocycles. The molecule has 6 nitrogen and oxygen atoms in total. The molecule has 2 aliphatic rings. The number of rotatable bonds is 5. The highest BCUT2D eigenvalue weighted by Crippen LogP contribution is 2.22. The molecule has 2 fully saturated rings. The standard InChI is InChI=1S/C19H24N2O4/c1-13-4-2-3-5-16(13)18(23)21-10-8-14(9-11-21)19(24)25-12-17(22)20-15-6-7-15/h2-5,14-15H,6-12H2,1H3,(H,20,22). The fourth-order valence-electron chi connectivity index (χ4n) is 3.05. The van der Waals surface area contributed by atoms with Gasteiger partial charge in [-0.15, -0.1) is 0 Å². The molecule has 1 heterocycles. The molecule has 1 aliphatic carbocycles. The van der Waals surface area contributed by atoms with Crippen LogP contribution in [0, 0.1) is 12.8 Å². The zero-order valence-electron chi connectivity index (χ0n) is 14.5. The van der Waals surface area contributed by atoms with Gasteiger partial charge in [0.25, 0.3) is 11.8 Å². The second kappa shape index (κ2) is 7.68. The molecule has 1 aromatic carbocycles. The van der Waals surface area contributed by atoms with Crippen molar-refractivity contribution < 1.29 is 19.1 Å². The first-order valence-electron chi connectivity index (χ1n) is 8.85. The molecule has 2 amide bonds. The summed E-state index contributed by atoms with van der Waals surface area (Å²) in [6.45, 7) is 2.77. The van der Waals surface area contributed by atoms with Gasteiger partial charge >= 0.3 is 5.97 Å². The molecule has 1 N–H and O–H groups in total. The molecule has 1 aromatic rings. The lowest BCUT2D eigenvalue weighted by Crippen LogP contribution is -2.41. The van der Waals surface area contributed by atoms with Gasteiger partial charge in [-0.2, -0.15) is 0 Å². The van der Waals surface area contributed by atoms with E-state index < -0.39 is 0 Å². The SMILES string of the molecule is Cc1ccccc1C(=O)N1CCC(C(=O)OCC(=O)NC2CC2)CC1. The highest BCUT2D eigenvalue weighted by atomic mass is 16.5. The number of benzene rings is 1. The average Bonchev–Trinajstić information content (AvgIpc) is 3.43. The Morgan fingerprint density at radius 1 is 1.12 bits per heavy atom. The zero-order valence-corrected chi connectivity index (χ0v) is 14.5. The molecule has 3 rings (SSSR count). The first-order chi connectivity index (χ1) is 12.0. The molecular weight excluding hydrogens is 320 g/mol. The van der Waals surface area contributed by atoms with Gasteiger partial charge in [0.15, 0.2) is 6.61 Å². The van der Waals surface area contributed by atoms with E-state index in [1.807, 2.05) is 31.2 Å². The number of piperidine rings is 1. The number of carbonyl (C=O) groups is 3. The largest absolute Gasteiger partial charge is 0.455 e. The van der Waals surface area contributed by atoms with Crippen LogP contribution in [0.3, 0.4) is 0 Å². The van der Waals surface area contributed by atoms with Gasteiger partial charge in [-0.1, -0.05) is 18.2 Å². The number of esters is 1. The van der Waals surface area contributed by atoms with Gasteiger partial charge in [0.1, 0.15) is 0 Å². The molecule has 0 spiro atoms. The van der Waals surface area contributed by atoms with E-state index in [0.717, 1.165) is 18.4 Å². The van der Waals surface area contributed by atoms with Crippen molar-refractivity contribution in [3.8, 4) is 0 Å². The number of hydrogen-bond donors (Lipinski definition) is 1. The highest BCUT2D eigenvalue weighted by molar-refractivity contribution is 5.95. The molecular formula is C19H24N2O4. The van der Waals surface area contributed by atoms with Crippen LogP contribution >= 0.6 is 0 Å². The number of nitrogens with zero attached hydrogens (tertiary/aromatic N) is 1. The van der Waals surface area contributed by atoms with Crippen LogP contribution in [0.15, 0.2) is 24.3 Å². The molecule has 1 saturated carbocycles. The molecule has 6 heteroatoms. The van der Waals surface area contributed by atoms with Crippen molar-refractivity contribution in [3.63, 3.8) is 0 Å². The van der Waals surface area contributed by atoms with Crippen LogP contribution in [0.1, 0.15) is 41.6 Å². The summed E-state index contributed by atoms with van der Waals surface area (Å²) in [7, 11) is 0. The van der Waals surface area contributed by atoms with Crippen molar-refractivity contribution in [2.75, 3.05) is 19.7 Å². The fraction of sp³-hybridized carbons (Fsp3) is 0.526. The quantitative estimate of drug-likeness (QED) is 0.825. The number of hydrogen-bond acceptors (Lipinski definition) is 4. The van der Waals surface area contributed by atoms with E-state index in [-0.39, 0.29) is 36.4 Å². The summed E-state index contributed by atoms with van der Waals surface area (Å²) in [6, 6.07) is 7.78. The fourth-order valence-corrected chi connectivity index (χ4v) is 3.05. The monoisotopic (exact) mass is 344 g/mol. The molecule has 0 aromatic heterocycles. The summed E-state index contributed by atoms with van der Waals surface area (Å²) in [5.74, 6) is -0.805. The summed E-state index contributed by atoms with van der Waals surface area (Å²) in [5.41, 5.74) is 1.66.